The Bertz CT molecular complexity index is 667. The zero-order valence-corrected chi connectivity index (χ0v) is 13.4. The van der Waals surface area contributed by atoms with Gasteiger partial charge in [-0.2, -0.15) is 0 Å². The molecule has 0 unspecified atom stereocenters. The van der Waals surface area contributed by atoms with Gasteiger partial charge >= 0.3 is 0 Å². The van der Waals surface area contributed by atoms with Crippen LogP contribution in [0.3, 0.4) is 0 Å². The lowest BCUT2D eigenvalue weighted by molar-refractivity contribution is 0.127. The van der Waals surface area contributed by atoms with Gasteiger partial charge in [0.05, 0.1) is 31.7 Å². The van der Waals surface area contributed by atoms with Crippen LogP contribution in [0.2, 0.25) is 0 Å². The van der Waals surface area contributed by atoms with Crippen LogP contribution in [0.4, 0.5) is 4.39 Å². The number of hydrogen-bond acceptors (Lipinski definition) is 5. The van der Waals surface area contributed by atoms with Crippen LogP contribution in [0.5, 0.6) is 11.5 Å². The Kier molecular flexibility index (Phi) is 5.91. The molecule has 1 heterocycles. The lowest BCUT2D eigenvalue weighted by Gasteiger charge is -2.11. The minimum atomic E-state index is -0.538. The minimum absolute atomic E-state index is 0.186. The smallest absolute Gasteiger partial charge is 0.149 e. The Balaban J connectivity index is 2.06. The largest absolute Gasteiger partial charge is 0.496 e. The SMILES string of the molecule is COc1cccc(OC)c1CO/N=C/c1cc(CF)cc(C)n1. The van der Waals surface area contributed by atoms with Crippen LogP contribution in [0.1, 0.15) is 22.5 Å². The molecule has 0 saturated carbocycles. The lowest BCUT2D eigenvalue weighted by Crippen LogP contribution is -1.98. The molecule has 5 nitrogen and oxygen atoms in total. The highest BCUT2D eigenvalue weighted by atomic mass is 19.1. The van der Waals surface area contributed by atoms with Gasteiger partial charge < -0.3 is 14.3 Å². The average Bonchev–Trinajstić information content (AvgIpc) is 2.57. The highest BCUT2D eigenvalue weighted by Crippen LogP contribution is 2.28. The monoisotopic (exact) mass is 318 g/mol. The van der Waals surface area contributed by atoms with Crippen LogP contribution in [0.15, 0.2) is 35.5 Å². The third-order valence-electron chi connectivity index (χ3n) is 3.19. The maximum absolute atomic E-state index is 12.7. The molecule has 0 bridgehead atoms. The van der Waals surface area contributed by atoms with E-state index in [4.69, 9.17) is 14.3 Å². The van der Waals surface area contributed by atoms with Gasteiger partial charge in [0.25, 0.3) is 0 Å². The first kappa shape index (κ1) is 16.7. The van der Waals surface area contributed by atoms with Crippen LogP contribution in [-0.2, 0) is 18.1 Å². The molecule has 0 saturated heterocycles. The molecule has 0 spiro atoms. The van der Waals surface area contributed by atoms with Gasteiger partial charge in [0.2, 0.25) is 0 Å². The molecule has 23 heavy (non-hydrogen) atoms. The summed E-state index contributed by atoms with van der Waals surface area (Å²) in [5.41, 5.74) is 2.60. The van der Waals surface area contributed by atoms with Gasteiger partial charge in [0, 0.05) is 5.69 Å². The summed E-state index contributed by atoms with van der Waals surface area (Å²) in [5.74, 6) is 1.32. The first-order valence-electron chi connectivity index (χ1n) is 7.06. The second kappa shape index (κ2) is 8.12. The van der Waals surface area contributed by atoms with Gasteiger partial charge in [0.1, 0.15) is 24.8 Å². The van der Waals surface area contributed by atoms with E-state index in [-0.39, 0.29) is 6.61 Å². The first-order chi connectivity index (χ1) is 11.2. The number of pyridine rings is 1. The van der Waals surface area contributed by atoms with Gasteiger partial charge in [-0.25, -0.2) is 4.39 Å². The fourth-order valence-corrected chi connectivity index (χ4v) is 2.17. The quantitative estimate of drug-likeness (QED) is 0.580. The van der Waals surface area contributed by atoms with Gasteiger partial charge in [-0.05, 0) is 36.8 Å². The van der Waals surface area contributed by atoms with E-state index in [9.17, 15) is 4.39 Å². The number of halogens is 1. The van der Waals surface area contributed by atoms with Gasteiger partial charge in [-0.1, -0.05) is 11.2 Å². The maximum atomic E-state index is 12.7. The highest BCUT2D eigenvalue weighted by molar-refractivity contribution is 5.76. The molecule has 1 aromatic heterocycles. The Morgan fingerprint density at radius 3 is 2.48 bits per heavy atom. The van der Waals surface area contributed by atoms with Crippen molar-refractivity contribution in [1.29, 1.82) is 0 Å². The predicted octanol–water partition coefficient (Wildman–Crippen LogP) is 3.43. The Morgan fingerprint density at radius 2 is 1.87 bits per heavy atom. The standard InChI is InChI=1S/C17H19FN2O3/c1-12-7-13(9-18)8-14(20-12)10-19-23-11-15-16(21-2)5-4-6-17(15)22-3/h4-8,10H,9,11H2,1-3H3/b19-10+. The molecular weight excluding hydrogens is 299 g/mol. The first-order valence-corrected chi connectivity index (χ1v) is 7.06. The number of hydrogen-bond donors (Lipinski definition) is 0. The molecule has 122 valence electrons. The van der Waals surface area contributed by atoms with Gasteiger partial charge in [0.15, 0.2) is 0 Å². The molecule has 0 aliphatic rings. The number of benzene rings is 1. The van der Waals surface area contributed by atoms with Gasteiger partial charge in [-0.15, -0.1) is 0 Å². The number of alkyl halides is 1. The summed E-state index contributed by atoms with van der Waals surface area (Å²) >= 11 is 0. The summed E-state index contributed by atoms with van der Waals surface area (Å²) in [7, 11) is 3.16. The number of oxime groups is 1. The number of ether oxygens (including phenoxy) is 2. The minimum Gasteiger partial charge on any atom is -0.496 e. The van der Waals surface area contributed by atoms with Crippen molar-refractivity contribution in [2.24, 2.45) is 5.16 Å². The van der Waals surface area contributed by atoms with Crippen molar-refractivity contribution >= 4 is 6.21 Å². The van der Waals surface area contributed by atoms with Crippen molar-refractivity contribution in [2.75, 3.05) is 14.2 Å². The Morgan fingerprint density at radius 1 is 1.17 bits per heavy atom. The highest BCUT2D eigenvalue weighted by Gasteiger charge is 2.10. The number of rotatable bonds is 7. The molecular formula is C17H19FN2O3. The second-order valence-corrected chi connectivity index (χ2v) is 4.82. The van der Waals surface area contributed by atoms with Crippen LogP contribution in [-0.4, -0.2) is 25.4 Å². The van der Waals surface area contributed by atoms with Crippen molar-refractivity contribution < 1.29 is 18.7 Å². The lowest BCUT2D eigenvalue weighted by atomic mass is 10.2. The molecule has 6 heteroatoms. The number of aryl methyl sites for hydroxylation is 1. The molecule has 0 aliphatic carbocycles. The van der Waals surface area contributed by atoms with E-state index in [0.29, 0.717) is 22.8 Å². The molecule has 1 aromatic carbocycles. The predicted molar refractivity (Wildman–Crippen MR) is 85.7 cm³/mol. The van der Waals surface area contributed by atoms with Crippen molar-refractivity contribution in [1.82, 2.24) is 4.98 Å². The third kappa shape index (κ3) is 4.42. The second-order valence-electron chi connectivity index (χ2n) is 4.82. The molecule has 2 aromatic rings. The van der Waals surface area contributed by atoms with E-state index in [1.807, 2.05) is 18.2 Å². The van der Waals surface area contributed by atoms with Gasteiger partial charge in [-0.3, -0.25) is 4.98 Å². The topological polar surface area (TPSA) is 52.9 Å². The number of nitrogens with zero attached hydrogens (tertiary/aromatic N) is 2. The zero-order chi connectivity index (χ0) is 16.7. The van der Waals surface area contributed by atoms with Crippen molar-refractivity contribution in [3.05, 3.63) is 52.8 Å². The van der Waals surface area contributed by atoms with E-state index in [2.05, 4.69) is 10.1 Å². The molecule has 0 atom stereocenters. The average molecular weight is 318 g/mol. The van der Waals surface area contributed by atoms with Crippen LogP contribution >= 0.6 is 0 Å². The summed E-state index contributed by atoms with van der Waals surface area (Å²) < 4.78 is 23.3. The molecule has 0 amide bonds. The normalized spacial score (nSPS) is 10.8. The Labute approximate surface area is 134 Å². The molecule has 2 rings (SSSR count). The summed E-state index contributed by atoms with van der Waals surface area (Å²) in [6.45, 7) is 1.45. The van der Waals surface area contributed by atoms with Crippen molar-refractivity contribution in [3.8, 4) is 11.5 Å². The molecule has 0 fully saturated rings. The zero-order valence-electron chi connectivity index (χ0n) is 13.4. The van der Waals surface area contributed by atoms with E-state index >= 15 is 0 Å². The van der Waals surface area contributed by atoms with Crippen LogP contribution in [0.25, 0.3) is 0 Å². The van der Waals surface area contributed by atoms with Crippen LogP contribution < -0.4 is 9.47 Å². The summed E-state index contributed by atoms with van der Waals surface area (Å²) in [5, 5.41) is 3.88. The van der Waals surface area contributed by atoms with Crippen molar-refractivity contribution in [2.45, 2.75) is 20.2 Å². The fourth-order valence-electron chi connectivity index (χ4n) is 2.17. The van der Waals surface area contributed by atoms with E-state index in [0.717, 1.165) is 11.3 Å². The van der Waals surface area contributed by atoms with E-state index in [1.54, 1.807) is 33.3 Å². The molecule has 0 aliphatic heterocycles. The number of aromatic nitrogens is 1. The maximum Gasteiger partial charge on any atom is 0.149 e. The Hall–Kier alpha value is -2.63. The van der Waals surface area contributed by atoms with E-state index in [1.165, 1.54) is 6.21 Å². The number of methoxy groups -OCH3 is 2. The summed E-state index contributed by atoms with van der Waals surface area (Å²) in [4.78, 5) is 9.55. The summed E-state index contributed by atoms with van der Waals surface area (Å²) in [6.07, 6.45) is 1.45. The molecule has 0 N–H and O–H groups in total. The third-order valence-corrected chi connectivity index (χ3v) is 3.19. The van der Waals surface area contributed by atoms with E-state index < -0.39 is 6.67 Å². The fraction of sp³-hybridized carbons (Fsp3) is 0.294. The summed E-state index contributed by atoms with van der Waals surface area (Å²) in [6, 6.07) is 8.79. The molecule has 0 radical (unpaired) electrons. The van der Waals surface area contributed by atoms with Crippen LogP contribution in [0, 0.1) is 6.92 Å². The van der Waals surface area contributed by atoms with Crippen molar-refractivity contribution in [3.63, 3.8) is 0 Å².